The van der Waals surface area contributed by atoms with Crippen LogP contribution in [0, 0.1) is 0 Å². The zero-order valence-electron chi connectivity index (χ0n) is 11.4. The van der Waals surface area contributed by atoms with E-state index in [1.165, 1.54) is 5.56 Å². The molecule has 0 aromatic heterocycles. The minimum absolute atomic E-state index is 0.598. The van der Waals surface area contributed by atoms with Crippen molar-refractivity contribution in [3.8, 4) is 5.75 Å². The standard InChI is InChI=1S/C14H23NO2S/c1-4-17-13-7-5-12(6-8-13)9-15-10-14(2,16)11-18-3/h5-8,15-16H,4,9-11H2,1-3H3. The predicted molar refractivity (Wildman–Crippen MR) is 78.3 cm³/mol. The summed E-state index contributed by atoms with van der Waals surface area (Å²) < 4.78 is 5.39. The molecule has 1 rings (SSSR count). The van der Waals surface area contributed by atoms with E-state index < -0.39 is 5.60 Å². The molecule has 2 N–H and O–H groups in total. The lowest BCUT2D eigenvalue weighted by Crippen LogP contribution is -2.39. The van der Waals surface area contributed by atoms with Crippen molar-refractivity contribution >= 4 is 11.8 Å². The lowest BCUT2D eigenvalue weighted by Gasteiger charge is -2.22. The van der Waals surface area contributed by atoms with Crippen LogP contribution in [0.4, 0.5) is 0 Å². The quantitative estimate of drug-likeness (QED) is 0.760. The SMILES string of the molecule is CCOc1ccc(CNCC(C)(O)CSC)cc1. The van der Waals surface area contributed by atoms with Gasteiger partial charge in [0.05, 0.1) is 12.2 Å². The van der Waals surface area contributed by atoms with Gasteiger partial charge in [0.1, 0.15) is 5.75 Å². The van der Waals surface area contributed by atoms with Gasteiger partial charge in [-0.3, -0.25) is 0 Å². The van der Waals surface area contributed by atoms with Crippen molar-refractivity contribution in [3.63, 3.8) is 0 Å². The molecule has 1 aromatic rings. The van der Waals surface area contributed by atoms with Gasteiger partial charge in [0.15, 0.2) is 0 Å². The lowest BCUT2D eigenvalue weighted by molar-refractivity contribution is 0.0846. The number of hydrogen-bond donors (Lipinski definition) is 2. The molecule has 0 aliphatic rings. The van der Waals surface area contributed by atoms with Gasteiger partial charge in [0.2, 0.25) is 0 Å². The van der Waals surface area contributed by atoms with Crippen molar-refractivity contribution in [1.29, 1.82) is 0 Å². The monoisotopic (exact) mass is 269 g/mol. The maximum Gasteiger partial charge on any atom is 0.119 e. The lowest BCUT2D eigenvalue weighted by atomic mass is 10.1. The second-order valence-electron chi connectivity index (χ2n) is 4.61. The molecule has 0 bridgehead atoms. The van der Waals surface area contributed by atoms with Crippen molar-refractivity contribution in [1.82, 2.24) is 5.32 Å². The Morgan fingerprint density at radius 1 is 1.33 bits per heavy atom. The third kappa shape index (κ3) is 5.76. The fourth-order valence-corrected chi connectivity index (χ4v) is 2.43. The van der Waals surface area contributed by atoms with Crippen LogP contribution < -0.4 is 10.1 Å². The zero-order valence-corrected chi connectivity index (χ0v) is 12.2. The van der Waals surface area contributed by atoms with E-state index in [1.54, 1.807) is 11.8 Å². The van der Waals surface area contributed by atoms with Crippen LogP contribution in [0.15, 0.2) is 24.3 Å². The maximum absolute atomic E-state index is 10.0. The first kappa shape index (κ1) is 15.3. The Balaban J connectivity index is 2.35. The first-order valence-corrected chi connectivity index (χ1v) is 7.60. The molecule has 0 amide bonds. The van der Waals surface area contributed by atoms with E-state index in [9.17, 15) is 5.11 Å². The van der Waals surface area contributed by atoms with Gasteiger partial charge in [-0.15, -0.1) is 0 Å². The molecule has 3 nitrogen and oxygen atoms in total. The fourth-order valence-electron chi connectivity index (χ4n) is 1.71. The van der Waals surface area contributed by atoms with Crippen LogP contribution in [0.3, 0.4) is 0 Å². The molecule has 1 aromatic carbocycles. The molecular weight excluding hydrogens is 246 g/mol. The van der Waals surface area contributed by atoms with Gasteiger partial charge in [-0.1, -0.05) is 12.1 Å². The molecule has 0 spiro atoms. The number of nitrogens with one attached hydrogen (secondary N) is 1. The summed E-state index contributed by atoms with van der Waals surface area (Å²) in [7, 11) is 0. The highest BCUT2D eigenvalue weighted by molar-refractivity contribution is 7.98. The van der Waals surface area contributed by atoms with E-state index in [-0.39, 0.29) is 0 Å². The van der Waals surface area contributed by atoms with E-state index in [2.05, 4.69) is 5.32 Å². The van der Waals surface area contributed by atoms with Crippen LogP contribution in [-0.4, -0.2) is 35.9 Å². The number of ether oxygens (including phenoxy) is 1. The van der Waals surface area contributed by atoms with Gasteiger partial charge in [0, 0.05) is 18.8 Å². The van der Waals surface area contributed by atoms with Crippen LogP contribution in [0.2, 0.25) is 0 Å². The van der Waals surface area contributed by atoms with Gasteiger partial charge >= 0.3 is 0 Å². The van der Waals surface area contributed by atoms with Gasteiger partial charge < -0.3 is 15.2 Å². The highest BCUT2D eigenvalue weighted by Gasteiger charge is 2.18. The number of hydrogen-bond acceptors (Lipinski definition) is 4. The van der Waals surface area contributed by atoms with Crippen molar-refractivity contribution in [2.75, 3.05) is 25.2 Å². The Labute approximate surface area is 114 Å². The third-order valence-electron chi connectivity index (χ3n) is 2.52. The largest absolute Gasteiger partial charge is 0.494 e. The topological polar surface area (TPSA) is 41.5 Å². The molecule has 0 fully saturated rings. The Morgan fingerprint density at radius 3 is 2.56 bits per heavy atom. The van der Waals surface area contributed by atoms with Crippen molar-refractivity contribution in [2.45, 2.75) is 26.0 Å². The molecule has 0 aliphatic heterocycles. The Hall–Kier alpha value is -0.710. The van der Waals surface area contributed by atoms with Gasteiger partial charge in [-0.25, -0.2) is 0 Å². The van der Waals surface area contributed by atoms with E-state index in [4.69, 9.17) is 4.74 Å². The highest BCUT2D eigenvalue weighted by atomic mass is 32.2. The first-order valence-electron chi connectivity index (χ1n) is 6.21. The summed E-state index contributed by atoms with van der Waals surface area (Å²) in [6.07, 6.45) is 2.00. The Bertz CT molecular complexity index is 338. The minimum atomic E-state index is -0.648. The predicted octanol–water partition coefficient (Wildman–Crippen LogP) is 2.29. The Morgan fingerprint density at radius 2 is 2.00 bits per heavy atom. The minimum Gasteiger partial charge on any atom is -0.494 e. The molecule has 0 aliphatic carbocycles. The highest BCUT2D eigenvalue weighted by Crippen LogP contribution is 2.13. The van der Waals surface area contributed by atoms with Crippen LogP contribution in [-0.2, 0) is 6.54 Å². The summed E-state index contributed by atoms with van der Waals surface area (Å²) in [5.41, 5.74) is 0.545. The molecule has 102 valence electrons. The maximum atomic E-state index is 10.0. The molecule has 1 atom stereocenters. The number of aliphatic hydroxyl groups is 1. The summed E-state index contributed by atoms with van der Waals surface area (Å²) in [6.45, 7) is 5.88. The molecule has 1 unspecified atom stereocenters. The van der Waals surface area contributed by atoms with E-state index in [1.807, 2.05) is 44.4 Å². The summed E-state index contributed by atoms with van der Waals surface area (Å²) in [5.74, 6) is 1.64. The number of thioether (sulfide) groups is 1. The molecule has 0 heterocycles. The average Bonchev–Trinajstić information content (AvgIpc) is 2.31. The summed E-state index contributed by atoms with van der Waals surface area (Å²) >= 11 is 1.66. The Kier molecular flexibility index (Phi) is 6.54. The van der Waals surface area contributed by atoms with Crippen molar-refractivity contribution in [3.05, 3.63) is 29.8 Å². The summed E-state index contributed by atoms with van der Waals surface area (Å²) in [5, 5.41) is 13.3. The normalized spacial score (nSPS) is 14.2. The van der Waals surface area contributed by atoms with E-state index in [0.29, 0.717) is 13.2 Å². The van der Waals surface area contributed by atoms with Crippen LogP contribution in [0.5, 0.6) is 5.75 Å². The van der Waals surface area contributed by atoms with Gasteiger partial charge in [-0.05, 0) is 37.8 Å². The molecular formula is C14H23NO2S. The fraction of sp³-hybridized carbons (Fsp3) is 0.571. The molecule has 0 saturated heterocycles. The molecule has 4 heteroatoms. The number of benzene rings is 1. The third-order valence-corrected chi connectivity index (χ3v) is 3.44. The molecule has 0 saturated carbocycles. The summed E-state index contributed by atoms with van der Waals surface area (Å²) in [6, 6.07) is 8.03. The van der Waals surface area contributed by atoms with E-state index >= 15 is 0 Å². The van der Waals surface area contributed by atoms with Crippen molar-refractivity contribution in [2.24, 2.45) is 0 Å². The first-order chi connectivity index (χ1) is 8.57. The summed E-state index contributed by atoms with van der Waals surface area (Å²) in [4.78, 5) is 0. The van der Waals surface area contributed by atoms with Gasteiger partial charge in [0.25, 0.3) is 0 Å². The molecule has 18 heavy (non-hydrogen) atoms. The smallest absolute Gasteiger partial charge is 0.119 e. The van der Waals surface area contributed by atoms with Crippen LogP contribution >= 0.6 is 11.8 Å². The van der Waals surface area contributed by atoms with Crippen LogP contribution in [0.1, 0.15) is 19.4 Å². The second kappa shape index (κ2) is 7.67. The van der Waals surface area contributed by atoms with Crippen molar-refractivity contribution < 1.29 is 9.84 Å². The zero-order chi connectivity index (χ0) is 13.4. The van der Waals surface area contributed by atoms with Gasteiger partial charge in [-0.2, -0.15) is 11.8 Å². The average molecular weight is 269 g/mol. The number of rotatable bonds is 8. The molecule has 0 radical (unpaired) electrons. The van der Waals surface area contributed by atoms with E-state index in [0.717, 1.165) is 18.0 Å². The van der Waals surface area contributed by atoms with Crippen LogP contribution in [0.25, 0.3) is 0 Å². The second-order valence-corrected chi connectivity index (χ2v) is 5.48.